The normalized spacial score (nSPS) is 14.2. The highest BCUT2D eigenvalue weighted by Gasteiger charge is 2.13. The lowest BCUT2D eigenvalue weighted by Gasteiger charge is -2.12. The van der Waals surface area contributed by atoms with Crippen LogP contribution in [0.15, 0.2) is 58.4 Å². The van der Waals surface area contributed by atoms with E-state index in [-0.39, 0.29) is 6.79 Å². The van der Waals surface area contributed by atoms with Crippen molar-refractivity contribution in [2.24, 2.45) is 4.99 Å². The van der Waals surface area contributed by atoms with Crippen molar-refractivity contribution in [2.45, 2.75) is 11.4 Å². The molecule has 1 aliphatic rings. The smallest absolute Gasteiger partial charge is 0.231 e. The summed E-state index contributed by atoms with van der Waals surface area (Å²) >= 11 is 0. The second kappa shape index (κ2) is 8.53. The molecule has 1 atom stereocenters. The van der Waals surface area contributed by atoms with E-state index in [9.17, 15) is 4.21 Å². The van der Waals surface area contributed by atoms with Crippen LogP contribution in [-0.4, -0.2) is 36.3 Å². The van der Waals surface area contributed by atoms with Crippen LogP contribution in [0.3, 0.4) is 0 Å². The number of fused-ring (bicyclic) bond motifs is 1. The van der Waals surface area contributed by atoms with Gasteiger partial charge in [0.15, 0.2) is 17.5 Å². The summed E-state index contributed by atoms with van der Waals surface area (Å²) in [6, 6.07) is 15.3. The first-order chi connectivity index (χ1) is 12.3. The highest BCUT2D eigenvalue weighted by molar-refractivity contribution is 7.85. The SMILES string of the molecule is CN=C(NCCS(=O)c1ccccc1)NCc1ccc2c(c1)OCO2. The maximum atomic E-state index is 12.2. The number of hydrogen-bond donors (Lipinski definition) is 2. The summed E-state index contributed by atoms with van der Waals surface area (Å²) in [4.78, 5) is 5.03. The summed E-state index contributed by atoms with van der Waals surface area (Å²) < 4.78 is 22.9. The molecular weight excluding hydrogens is 338 g/mol. The highest BCUT2D eigenvalue weighted by Crippen LogP contribution is 2.32. The highest BCUT2D eigenvalue weighted by atomic mass is 32.2. The van der Waals surface area contributed by atoms with Crippen molar-refractivity contribution in [1.82, 2.24) is 10.6 Å². The van der Waals surface area contributed by atoms with Crippen molar-refractivity contribution in [3.8, 4) is 11.5 Å². The van der Waals surface area contributed by atoms with E-state index < -0.39 is 10.8 Å². The lowest BCUT2D eigenvalue weighted by atomic mass is 10.2. The summed E-state index contributed by atoms with van der Waals surface area (Å²) in [5.74, 6) is 2.73. The molecule has 0 saturated heterocycles. The number of aliphatic imine (C=N–C) groups is 1. The predicted octanol–water partition coefficient (Wildman–Crippen LogP) is 1.89. The Balaban J connectivity index is 1.44. The van der Waals surface area contributed by atoms with Gasteiger partial charge >= 0.3 is 0 Å². The molecule has 1 heterocycles. The average molecular weight is 359 g/mol. The van der Waals surface area contributed by atoms with E-state index in [4.69, 9.17) is 9.47 Å². The molecule has 132 valence electrons. The van der Waals surface area contributed by atoms with Gasteiger partial charge in [-0.25, -0.2) is 0 Å². The molecule has 2 aromatic rings. The number of ether oxygens (including phenoxy) is 2. The van der Waals surface area contributed by atoms with Crippen molar-refractivity contribution in [2.75, 3.05) is 26.1 Å². The minimum atomic E-state index is -1.02. The Morgan fingerprint density at radius 3 is 2.72 bits per heavy atom. The Labute approximate surface area is 149 Å². The Hall–Kier alpha value is -2.54. The van der Waals surface area contributed by atoms with Gasteiger partial charge in [-0.2, -0.15) is 0 Å². The first kappa shape index (κ1) is 17.3. The second-order valence-electron chi connectivity index (χ2n) is 5.40. The van der Waals surface area contributed by atoms with E-state index in [1.54, 1.807) is 7.05 Å². The van der Waals surface area contributed by atoms with Crippen LogP contribution in [0.2, 0.25) is 0 Å². The van der Waals surface area contributed by atoms with Gasteiger partial charge in [-0.1, -0.05) is 24.3 Å². The summed E-state index contributed by atoms with van der Waals surface area (Å²) in [5, 5.41) is 6.42. The van der Waals surface area contributed by atoms with Gasteiger partial charge in [0.1, 0.15) is 0 Å². The van der Waals surface area contributed by atoms with E-state index in [2.05, 4.69) is 15.6 Å². The maximum Gasteiger partial charge on any atom is 0.231 e. The third-order valence-electron chi connectivity index (χ3n) is 3.71. The van der Waals surface area contributed by atoms with Gasteiger partial charge in [-0.15, -0.1) is 0 Å². The van der Waals surface area contributed by atoms with E-state index in [0.29, 0.717) is 24.8 Å². The Bertz CT molecular complexity index is 765. The number of nitrogens with one attached hydrogen (secondary N) is 2. The molecule has 0 spiro atoms. The van der Waals surface area contributed by atoms with Crippen LogP contribution < -0.4 is 20.1 Å². The van der Waals surface area contributed by atoms with E-state index in [0.717, 1.165) is 22.0 Å². The van der Waals surface area contributed by atoms with E-state index >= 15 is 0 Å². The molecular formula is C18H21N3O3S. The monoisotopic (exact) mass is 359 g/mol. The minimum absolute atomic E-state index is 0.272. The van der Waals surface area contributed by atoms with E-state index in [1.165, 1.54) is 0 Å². The van der Waals surface area contributed by atoms with Gasteiger partial charge < -0.3 is 20.1 Å². The molecule has 2 N–H and O–H groups in total. The van der Waals surface area contributed by atoms with Crippen LogP contribution in [0.1, 0.15) is 5.56 Å². The first-order valence-corrected chi connectivity index (χ1v) is 9.34. The Kier molecular flexibility index (Phi) is 5.90. The zero-order valence-corrected chi connectivity index (χ0v) is 14.8. The standard InChI is InChI=1S/C18H21N3O3S/c1-19-18(20-9-10-25(22)15-5-3-2-4-6-15)21-12-14-7-8-16-17(11-14)24-13-23-16/h2-8,11H,9-10,12-13H2,1H3,(H2,19,20,21). The second-order valence-corrected chi connectivity index (χ2v) is 6.97. The van der Waals surface area contributed by atoms with Crippen LogP contribution in [0.25, 0.3) is 0 Å². The molecule has 7 heteroatoms. The van der Waals surface area contributed by atoms with Crippen molar-refractivity contribution in [3.63, 3.8) is 0 Å². The van der Waals surface area contributed by atoms with E-state index in [1.807, 2.05) is 48.5 Å². The van der Waals surface area contributed by atoms with Crippen LogP contribution >= 0.6 is 0 Å². The zero-order chi connectivity index (χ0) is 17.5. The number of nitrogens with zero attached hydrogens (tertiary/aromatic N) is 1. The third-order valence-corrected chi connectivity index (χ3v) is 5.08. The number of hydrogen-bond acceptors (Lipinski definition) is 4. The molecule has 0 saturated carbocycles. The molecule has 0 aromatic heterocycles. The van der Waals surface area contributed by atoms with Gasteiger partial charge in [0.2, 0.25) is 6.79 Å². The lowest BCUT2D eigenvalue weighted by molar-refractivity contribution is 0.174. The molecule has 0 aliphatic carbocycles. The molecule has 0 radical (unpaired) electrons. The van der Waals surface area contributed by atoms with Crippen LogP contribution in [-0.2, 0) is 17.3 Å². The molecule has 6 nitrogen and oxygen atoms in total. The van der Waals surface area contributed by atoms with Gasteiger partial charge in [0, 0.05) is 30.8 Å². The zero-order valence-electron chi connectivity index (χ0n) is 14.0. The molecule has 2 aromatic carbocycles. The number of rotatable bonds is 6. The molecule has 0 fully saturated rings. The third kappa shape index (κ3) is 4.73. The predicted molar refractivity (Wildman–Crippen MR) is 98.5 cm³/mol. The largest absolute Gasteiger partial charge is 0.454 e. The summed E-state index contributed by atoms with van der Waals surface area (Å²) in [6.45, 7) is 1.45. The molecule has 25 heavy (non-hydrogen) atoms. The van der Waals surface area contributed by atoms with Crippen molar-refractivity contribution >= 4 is 16.8 Å². The maximum absolute atomic E-state index is 12.2. The molecule has 0 amide bonds. The van der Waals surface area contributed by atoms with Crippen LogP contribution in [0.5, 0.6) is 11.5 Å². The average Bonchev–Trinajstić information content (AvgIpc) is 3.12. The fourth-order valence-corrected chi connectivity index (χ4v) is 3.39. The number of benzene rings is 2. The molecule has 3 rings (SSSR count). The van der Waals surface area contributed by atoms with Crippen molar-refractivity contribution < 1.29 is 13.7 Å². The lowest BCUT2D eigenvalue weighted by Crippen LogP contribution is -2.38. The fourth-order valence-electron chi connectivity index (χ4n) is 2.41. The summed E-state index contributed by atoms with van der Waals surface area (Å²) in [6.07, 6.45) is 0. The van der Waals surface area contributed by atoms with Gasteiger partial charge in [0.05, 0.1) is 10.8 Å². The molecule has 1 aliphatic heterocycles. The van der Waals surface area contributed by atoms with Crippen LogP contribution in [0, 0.1) is 0 Å². The Morgan fingerprint density at radius 2 is 1.92 bits per heavy atom. The minimum Gasteiger partial charge on any atom is -0.454 e. The Morgan fingerprint density at radius 1 is 1.12 bits per heavy atom. The molecule has 0 bridgehead atoms. The van der Waals surface area contributed by atoms with Gasteiger partial charge in [0.25, 0.3) is 0 Å². The quantitative estimate of drug-likeness (QED) is 0.609. The van der Waals surface area contributed by atoms with Gasteiger partial charge in [-0.3, -0.25) is 9.20 Å². The summed E-state index contributed by atoms with van der Waals surface area (Å²) in [7, 11) is 0.694. The van der Waals surface area contributed by atoms with Crippen LogP contribution in [0.4, 0.5) is 0 Å². The van der Waals surface area contributed by atoms with Crippen molar-refractivity contribution in [1.29, 1.82) is 0 Å². The number of guanidine groups is 1. The van der Waals surface area contributed by atoms with Crippen molar-refractivity contribution in [3.05, 3.63) is 54.1 Å². The fraction of sp³-hybridized carbons (Fsp3) is 0.278. The summed E-state index contributed by atoms with van der Waals surface area (Å²) in [5.41, 5.74) is 1.07. The van der Waals surface area contributed by atoms with Gasteiger partial charge in [-0.05, 0) is 29.8 Å². The first-order valence-electron chi connectivity index (χ1n) is 8.03. The topological polar surface area (TPSA) is 72.0 Å². The molecule has 1 unspecified atom stereocenters.